The normalized spacial score (nSPS) is 24.6. The number of hydrogen-bond donors (Lipinski definition) is 1. The molecule has 116 valence electrons. The summed E-state index contributed by atoms with van der Waals surface area (Å²) in [6.45, 7) is 9.78. The van der Waals surface area contributed by atoms with E-state index < -0.39 is 0 Å². The minimum atomic E-state index is -0.148. The fraction of sp³-hybridized carbons (Fsp3) is 0.588. The molecule has 1 heterocycles. The Labute approximate surface area is 127 Å². The van der Waals surface area contributed by atoms with Gasteiger partial charge >= 0.3 is 0 Å². The number of anilines is 1. The predicted molar refractivity (Wildman–Crippen MR) is 85.5 cm³/mol. The monoisotopic (exact) mass is 290 g/mol. The van der Waals surface area contributed by atoms with Crippen molar-refractivity contribution in [1.29, 1.82) is 0 Å². The fourth-order valence-corrected chi connectivity index (χ4v) is 2.77. The van der Waals surface area contributed by atoms with Crippen molar-refractivity contribution in [3.05, 3.63) is 29.8 Å². The predicted octanol–water partition coefficient (Wildman–Crippen LogP) is 2.69. The molecule has 1 aromatic carbocycles. The molecule has 4 nitrogen and oxygen atoms in total. The first-order valence-electron chi connectivity index (χ1n) is 7.79. The van der Waals surface area contributed by atoms with Gasteiger partial charge in [-0.25, -0.2) is 0 Å². The van der Waals surface area contributed by atoms with Crippen molar-refractivity contribution in [3.8, 4) is 0 Å². The van der Waals surface area contributed by atoms with Crippen LogP contribution >= 0.6 is 0 Å². The van der Waals surface area contributed by atoms with E-state index in [0.29, 0.717) is 0 Å². The van der Waals surface area contributed by atoms with E-state index in [0.717, 1.165) is 25.2 Å². The van der Waals surface area contributed by atoms with Gasteiger partial charge in [0.2, 0.25) is 5.91 Å². The molecule has 0 spiro atoms. The number of ether oxygens (including phenoxy) is 1. The first-order chi connectivity index (χ1) is 9.99. The smallest absolute Gasteiger partial charge is 0.241 e. The zero-order valence-electron chi connectivity index (χ0n) is 13.4. The van der Waals surface area contributed by atoms with Crippen LogP contribution in [-0.4, -0.2) is 42.1 Å². The summed E-state index contributed by atoms with van der Waals surface area (Å²) in [5, 5.41) is 3.00. The SMILES string of the molecule is CCc1ccc(NC(=O)C(C)N2CC(C)OC(C)C2)cc1. The second-order valence-electron chi connectivity index (χ2n) is 5.93. The van der Waals surface area contributed by atoms with Gasteiger partial charge in [-0.1, -0.05) is 19.1 Å². The van der Waals surface area contributed by atoms with Crippen LogP contribution in [0.1, 0.15) is 33.3 Å². The van der Waals surface area contributed by atoms with Crippen LogP contribution in [0.4, 0.5) is 5.69 Å². The molecule has 1 fully saturated rings. The highest BCUT2D eigenvalue weighted by molar-refractivity contribution is 5.94. The summed E-state index contributed by atoms with van der Waals surface area (Å²) in [4.78, 5) is 14.6. The van der Waals surface area contributed by atoms with Gasteiger partial charge in [-0.15, -0.1) is 0 Å². The number of aryl methyl sites for hydroxylation is 1. The Morgan fingerprint density at radius 1 is 1.29 bits per heavy atom. The molecule has 1 N–H and O–H groups in total. The molecule has 1 aliphatic heterocycles. The van der Waals surface area contributed by atoms with Crippen molar-refractivity contribution in [2.24, 2.45) is 0 Å². The molecular formula is C17H26N2O2. The van der Waals surface area contributed by atoms with E-state index in [4.69, 9.17) is 4.74 Å². The zero-order chi connectivity index (χ0) is 15.4. The Morgan fingerprint density at radius 2 is 1.86 bits per heavy atom. The highest BCUT2D eigenvalue weighted by atomic mass is 16.5. The number of amides is 1. The molecule has 0 aromatic heterocycles. The van der Waals surface area contributed by atoms with Crippen LogP contribution in [0.3, 0.4) is 0 Å². The largest absolute Gasteiger partial charge is 0.373 e. The van der Waals surface area contributed by atoms with Crippen LogP contribution in [0.15, 0.2) is 24.3 Å². The topological polar surface area (TPSA) is 41.6 Å². The summed E-state index contributed by atoms with van der Waals surface area (Å²) in [7, 11) is 0. The molecule has 2 rings (SSSR count). The molecule has 1 amide bonds. The number of nitrogens with one attached hydrogen (secondary N) is 1. The standard InChI is InChI=1S/C17H26N2O2/c1-5-15-6-8-16(9-7-15)18-17(20)14(4)19-10-12(2)21-13(3)11-19/h6-9,12-14H,5,10-11H2,1-4H3,(H,18,20). The number of carbonyl (C=O) groups excluding carboxylic acids is 1. The van der Waals surface area contributed by atoms with Crippen LogP contribution < -0.4 is 5.32 Å². The molecule has 3 unspecified atom stereocenters. The minimum Gasteiger partial charge on any atom is -0.373 e. The van der Waals surface area contributed by atoms with Crippen LogP contribution in [0.5, 0.6) is 0 Å². The Hall–Kier alpha value is -1.39. The number of hydrogen-bond acceptors (Lipinski definition) is 3. The van der Waals surface area contributed by atoms with E-state index in [-0.39, 0.29) is 24.2 Å². The molecule has 0 bridgehead atoms. The molecule has 0 saturated carbocycles. The van der Waals surface area contributed by atoms with Crippen LogP contribution in [-0.2, 0) is 16.0 Å². The van der Waals surface area contributed by atoms with E-state index in [1.54, 1.807) is 0 Å². The van der Waals surface area contributed by atoms with Gasteiger partial charge < -0.3 is 10.1 Å². The molecule has 3 atom stereocenters. The third-order valence-electron chi connectivity index (χ3n) is 4.00. The average Bonchev–Trinajstić information content (AvgIpc) is 2.46. The first-order valence-corrected chi connectivity index (χ1v) is 7.79. The number of benzene rings is 1. The van der Waals surface area contributed by atoms with E-state index in [2.05, 4.69) is 43.1 Å². The molecule has 1 aliphatic rings. The highest BCUT2D eigenvalue weighted by Crippen LogP contribution is 2.16. The highest BCUT2D eigenvalue weighted by Gasteiger charge is 2.29. The lowest BCUT2D eigenvalue weighted by Gasteiger charge is -2.38. The Balaban J connectivity index is 1.95. The number of rotatable bonds is 4. The van der Waals surface area contributed by atoms with Gasteiger partial charge in [0.05, 0.1) is 18.2 Å². The van der Waals surface area contributed by atoms with E-state index in [1.165, 1.54) is 5.56 Å². The third-order valence-corrected chi connectivity index (χ3v) is 4.00. The van der Waals surface area contributed by atoms with Gasteiger partial charge in [0, 0.05) is 18.8 Å². The lowest BCUT2D eigenvalue weighted by Crippen LogP contribution is -2.52. The van der Waals surface area contributed by atoms with E-state index in [1.807, 2.05) is 19.1 Å². The third kappa shape index (κ3) is 4.29. The fourth-order valence-electron chi connectivity index (χ4n) is 2.77. The Morgan fingerprint density at radius 3 is 2.38 bits per heavy atom. The van der Waals surface area contributed by atoms with Crippen LogP contribution in [0, 0.1) is 0 Å². The van der Waals surface area contributed by atoms with Crippen LogP contribution in [0.25, 0.3) is 0 Å². The van der Waals surface area contributed by atoms with Gasteiger partial charge in [-0.2, -0.15) is 0 Å². The molecule has 4 heteroatoms. The van der Waals surface area contributed by atoms with Crippen molar-refractivity contribution < 1.29 is 9.53 Å². The van der Waals surface area contributed by atoms with E-state index in [9.17, 15) is 4.79 Å². The molecular weight excluding hydrogens is 264 g/mol. The Kier molecular flexibility index (Phi) is 5.37. The average molecular weight is 290 g/mol. The number of morpholine rings is 1. The number of carbonyl (C=O) groups is 1. The first kappa shape index (κ1) is 16.0. The molecule has 1 aromatic rings. The maximum absolute atomic E-state index is 12.4. The van der Waals surface area contributed by atoms with E-state index >= 15 is 0 Å². The maximum Gasteiger partial charge on any atom is 0.241 e. The van der Waals surface area contributed by atoms with Gasteiger partial charge in [-0.05, 0) is 44.9 Å². The summed E-state index contributed by atoms with van der Waals surface area (Å²) in [6, 6.07) is 7.89. The summed E-state index contributed by atoms with van der Waals surface area (Å²) < 4.78 is 5.72. The van der Waals surface area contributed by atoms with Gasteiger partial charge in [0.1, 0.15) is 0 Å². The van der Waals surface area contributed by atoms with Crippen molar-refractivity contribution in [3.63, 3.8) is 0 Å². The summed E-state index contributed by atoms with van der Waals surface area (Å²) in [5.74, 6) is 0.0422. The minimum absolute atomic E-state index is 0.0422. The summed E-state index contributed by atoms with van der Waals surface area (Å²) >= 11 is 0. The molecule has 21 heavy (non-hydrogen) atoms. The Bertz CT molecular complexity index is 462. The van der Waals surface area contributed by atoms with Gasteiger partial charge in [-0.3, -0.25) is 9.69 Å². The van der Waals surface area contributed by atoms with Crippen molar-refractivity contribution in [2.45, 2.75) is 52.4 Å². The van der Waals surface area contributed by atoms with Crippen molar-refractivity contribution in [2.75, 3.05) is 18.4 Å². The van der Waals surface area contributed by atoms with Crippen molar-refractivity contribution >= 4 is 11.6 Å². The number of nitrogens with zero attached hydrogens (tertiary/aromatic N) is 1. The summed E-state index contributed by atoms with van der Waals surface area (Å²) in [5.41, 5.74) is 2.13. The quantitative estimate of drug-likeness (QED) is 0.927. The second kappa shape index (κ2) is 7.05. The van der Waals surface area contributed by atoms with Crippen molar-refractivity contribution in [1.82, 2.24) is 4.90 Å². The van der Waals surface area contributed by atoms with Gasteiger partial charge in [0.25, 0.3) is 0 Å². The maximum atomic E-state index is 12.4. The second-order valence-corrected chi connectivity index (χ2v) is 5.93. The molecule has 0 radical (unpaired) electrons. The van der Waals surface area contributed by atoms with Crippen LogP contribution in [0.2, 0.25) is 0 Å². The summed E-state index contributed by atoms with van der Waals surface area (Å²) in [6.07, 6.45) is 1.36. The lowest BCUT2D eigenvalue weighted by atomic mass is 10.1. The molecule has 1 saturated heterocycles. The van der Waals surface area contributed by atoms with Gasteiger partial charge in [0.15, 0.2) is 0 Å². The zero-order valence-corrected chi connectivity index (χ0v) is 13.4. The lowest BCUT2D eigenvalue weighted by molar-refractivity contribution is -0.126. The molecule has 0 aliphatic carbocycles.